The van der Waals surface area contributed by atoms with E-state index in [2.05, 4.69) is 21.2 Å². The minimum Gasteiger partial charge on any atom is -0.286 e. The van der Waals surface area contributed by atoms with Gasteiger partial charge in [-0.05, 0) is 53.8 Å². The van der Waals surface area contributed by atoms with Crippen LogP contribution in [0.15, 0.2) is 54.9 Å². The number of halogens is 2. The van der Waals surface area contributed by atoms with E-state index in [1.807, 2.05) is 47.0 Å². The van der Waals surface area contributed by atoms with E-state index < -0.39 is 13.3 Å². The molecule has 26 heavy (non-hydrogen) atoms. The van der Waals surface area contributed by atoms with Crippen LogP contribution in [0.4, 0.5) is 8.78 Å². The average Bonchev–Trinajstić information content (AvgIpc) is 3.09. The first-order valence-electron chi connectivity index (χ1n) is 8.59. The van der Waals surface area contributed by atoms with Crippen molar-refractivity contribution in [2.75, 3.05) is 13.3 Å². The van der Waals surface area contributed by atoms with Crippen molar-refractivity contribution in [3.05, 3.63) is 60.7 Å². The molecule has 0 fully saturated rings. The Labute approximate surface area is 149 Å². The van der Waals surface area contributed by atoms with Gasteiger partial charge in [-0.15, -0.1) is 10.2 Å². The molecule has 0 aliphatic carbocycles. The third-order valence-corrected chi connectivity index (χ3v) is 4.62. The Morgan fingerprint density at radius 2 is 1.88 bits per heavy atom. The summed E-state index contributed by atoms with van der Waals surface area (Å²) in [5.41, 5.74) is 3.73. The second-order valence-electron chi connectivity index (χ2n) is 6.37. The van der Waals surface area contributed by atoms with Crippen LogP contribution in [-0.2, 0) is 6.42 Å². The predicted octanol–water partition coefficient (Wildman–Crippen LogP) is 4.43. The van der Waals surface area contributed by atoms with E-state index in [0.717, 1.165) is 22.0 Å². The van der Waals surface area contributed by atoms with Crippen LogP contribution in [0.1, 0.15) is 12.2 Å². The molecule has 3 aromatic heterocycles. The number of pyridine rings is 2. The molecule has 3 heterocycles. The first kappa shape index (κ1) is 16.6. The van der Waals surface area contributed by atoms with Gasteiger partial charge in [0.05, 0.1) is 18.9 Å². The molecule has 0 aliphatic heterocycles. The Morgan fingerprint density at radius 3 is 2.73 bits per heavy atom. The second-order valence-corrected chi connectivity index (χ2v) is 6.37. The molecule has 0 saturated heterocycles. The van der Waals surface area contributed by atoms with Gasteiger partial charge in [0.15, 0.2) is 5.65 Å². The minimum atomic E-state index is -0.554. The molecule has 1 aromatic carbocycles. The number of hydrogen-bond acceptors (Lipinski definition) is 3. The average molecular weight is 352 g/mol. The highest BCUT2D eigenvalue weighted by atomic mass is 19.1. The summed E-state index contributed by atoms with van der Waals surface area (Å²) in [6.07, 6.45) is 4.24. The highest BCUT2D eigenvalue weighted by Crippen LogP contribution is 2.25. The number of hydrogen-bond donors (Lipinski definition) is 0. The van der Waals surface area contributed by atoms with E-state index in [0.29, 0.717) is 17.9 Å². The molecule has 1 atom stereocenters. The van der Waals surface area contributed by atoms with Gasteiger partial charge in [-0.25, -0.2) is 0 Å². The number of fused-ring (bicyclic) bond motifs is 2. The Hall–Kier alpha value is -2.89. The van der Waals surface area contributed by atoms with Gasteiger partial charge in [0.25, 0.3) is 0 Å². The lowest BCUT2D eigenvalue weighted by Gasteiger charge is -2.09. The maximum atomic E-state index is 13.0. The summed E-state index contributed by atoms with van der Waals surface area (Å²) in [4.78, 5) is 4.34. The van der Waals surface area contributed by atoms with Crippen molar-refractivity contribution in [2.24, 2.45) is 5.92 Å². The molecule has 0 radical (unpaired) electrons. The zero-order valence-electron chi connectivity index (χ0n) is 14.1. The van der Waals surface area contributed by atoms with Crippen molar-refractivity contribution in [3.63, 3.8) is 0 Å². The standard InChI is InChI=1S/C20H18F2N4/c21-7-5-14(13-22)10-19-24-25-20-12-16(6-9-26(19)20)15-3-4-18-17(11-15)2-1-8-23-18/h1-4,6,8-9,11-12,14H,5,7,10,13H2. The van der Waals surface area contributed by atoms with Crippen LogP contribution >= 0.6 is 0 Å². The summed E-state index contributed by atoms with van der Waals surface area (Å²) < 4.78 is 27.4. The summed E-state index contributed by atoms with van der Waals surface area (Å²) >= 11 is 0. The van der Waals surface area contributed by atoms with Crippen molar-refractivity contribution >= 4 is 16.6 Å². The molecular formula is C20H18F2N4. The first-order valence-corrected chi connectivity index (χ1v) is 8.59. The summed E-state index contributed by atoms with van der Waals surface area (Å²) in [5, 5.41) is 9.44. The van der Waals surface area contributed by atoms with Gasteiger partial charge < -0.3 is 0 Å². The summed E-state index contributed by atoms with van der Waals surface area (Å²) in [7, 11) is 0. The van der Waals surface area contributed by atoms with E-state index in [9.17, 15) is 8.78 Å². The summed E-state index contributed by atoms with van der Waals surface area (Å²) in [5.74, 6) is 0.297. The summed E-state index contributed by atoms with van der Waals surface area (Å²) in [6, 6.07) is 14.0. The Bertz CT molecular complexity index is 1040. The zero-order valence-corrected chi connectivity index (χ0v) is 14.1. The van der Waals surface area contributed by atoms with Crippen LogP contribution in [0.25, 0.3) is 27.7 Å². The minimum absolute atomic E-state index is 0.203. The van der Waals surface area contributed by atoms with Crippen molar-refractivity contribution in [2.45, 2.75) is 12.8 Å². The highest BCUT2D eigenvalue weighted by Gasteiger charge is 2.14. The van der Waals surface area contributed by atoms with Crippen LogP contribution in [-0.4, -0.2) is 32.9 Å². The van der Waals surface area contributed by atoms with Crippen molar-refractivity contribution in [3.8, 4) is 11.1 Å². The lowest BCUT2D eigenvalue weighted by atomic mass is 10.0. The number of benzene rings is 1. The molecule has 0 saturated carbocycles. The van der Waals surface area contributed by atoms with E-state index in [1.165, 1.54) is 0 Å². The largest absolute Gasteiger partial charge is 0.286 e. The molecule has 0 N–H and O–H groups in total. The predicted molar refractivity (Wildman–Crippen MR) is 97.5 cm³/mol. The molecule has 6 heteroatoms. The Kier molecular flexibility index (Phi) is 4.56. The maximum Gasteiger partial charge on any atom is 0.161 e. The zero-order chi connectivity index (χ0) is 17.9. The smallest absolute Gasteiger partial charge is 0.161 e. The lowest BCUT2D eigenvalue weighted by Crippen LogP contribution is -2.10. The molecule has 0 amide bonds. The molecule has 4 rings (SSSR count). The van der Waals surface area contributed by atoms with Crippen molar-refractivity contribution < 1.29 is 8.78 Å². The SMILES string of the molecule is FCCC(CF)Cc1nnc2cc(-c3ccc4ncccc4c3)ccn12. The van der Waals surface area contributed by atoms with Gasteiger partial charge in [0.1, 0.15) is 5.82 Å². The van der Waals surface area contributed by atoms with Gasteiger partial charge in [-0.3, -0.25) is 18.2 Å². The molecule has 0 aliphatic rings. The van der Waals surface area contributed by atoms with Gasteiger partial charge in [0.2, 0.25) is 0 Å². The van der Waals surface area contributed by atoms with E-state index in [1.54, 1.807) is 6.20 Å². The lowest BCUT2D eigenvalue weighted by molar-refractivity contribution is 0.305. The molecule has 0 bridgehead atoms. The monoisotopic (exact) mass is 352 g/mol. The van der Waals surface area contributed by atoms with Gasteiger partial charge in [-0.2, -0.15) is 0 Å². The quantitative estimate of drug-likeness (QED) is 0.515. The van der Waals surface area contributed by atoms with Crippen molar-refractivity contribution in [1.29, 1.82) is 0 Å². The normalized spacial score (nSPS) is 12.7. The fourth-order valence-corrected chi connectivity index (χ4v) is 3.16. The maximum absolute atomic E-state index is 13.0. The third kappa shape index (κ3) is 3.14. The Balaban J connectivity index is 1.67. The fraction of sp³-hybridized carbons (Fsp3) is 0.250. The number of nitrogens with zero attached hydrogens (tertiary/aromatic N) is 4. The molecule has 1 unspecified atom stereocenters. The third-order valence-electron chi connectivity index (χ3n) is 4.62. The topological polar surface area (TPSA) is 43.1 Å². The van der Waals surface area contributed by atoms with E-state index in [4.69, 9.17) is 0 Å². The molecule has 0 spiro atoms. The molecule has 132 valence electrons. The second kappa shape index (κ2) is 7.15. The molecular weight excluding hydrogens is 334 g/mol. The fourth-order valence-electron chi connectivity index (χ4n) is 3.16. The van der Waals surface area contributed by atoms with E-state index >= 15 is 0 Å². The number of aromatic nitrogens is 4. The van der Waals surface area contributed by atoms with Crippen LogP contribution in [0, 0.1) is 5.92 Å². The van der Waals surface area contributed by atoms with Gasteiger partial charge >= 0.3 is 0 Å². The van der Waals surface area contributed by atoms with Gasteiger partial charge in [0, 0.05) is 24.2 Å². The van der Waals surface area contributed by atoms with Crippen LogP contribution in [0.5, 0.6) is 0 Å². The molecule has 4 aromatic rings. The number of alkyl halides is 2. The van der Waals surface area contributed by atoms with Crippen molar-refractivity contribution in [1.82, 2.24) is 19.6 Å². The molecule has 4 nitrogen and oxygen atoms in total. The van der Waals surface area contributed by atoms with Crippen LogP contribution in [0.2, 0.25) is 0 Å². The summed E-state index contributed by atoms with van der Waals surface area (Å²) in [6.45, 7) is -1.08. The number of rotatable bonds is 6. The van der Waals surface area contributed by atoms with Gasteiger partial charge in [-0.1, -0.05) is 12.1 Å². The van der Waals surface area contributed by atoms with Crippen LogP contribution < -0.4 is 0 Å². The Morgan fingerprint density at radius 1 is 1.00 bits per heavy atom. The van der Waals surface area contributed by atoms with E-state index in [-0.39, 0.29) is 12.3 Å². The first-order chi connectivity index (χ1) is 12.8. The highest BCUT2D eigenvalue weighted by molar-refractivity contribution is 5.84. The van der Waals surface area contributed by atoms with Crippen LogP contribution in [0.3, 0.4) is 0 Å².